The lowest BCUT2D eigenvalue weighted by molar-refractivity contribution is -0.172. The number of hydrogen-bond donors (Lipinski definition) is 0. The Morgan fingerprint density at radius 2 is 1.59 bits per heavy atom. The minimum absolute atomic E-state index is 0.127. The fourth-order valence-electron chi connectivity index (χ4n) is 2.92. The molecule has 0 bridgehead atoms. The van der Waals surface area contributed by atoms with Crippen LogP contribution in [0.15, 0.2) is 18.2 Å². The van der Waals surface area contributed by atoms with Crippen LogP contribution in [-0.2, 0) is 30.2 Å². The molecule has 0 aromatic heterocycles. The predicted octanol–water partition coefficient (Wildman–Crippen LogP) is 2.64. The molecular weight excluding hydrogens is 352 g/mol. The zero-order chi connectivity index (χ0) is 20.4. The number of carbonyl (C=O) groups excluding carboxylic acids is 2. The fraction of sp³-hybridized carbons (Fsp3) is 0.600. The first kappa shape index (κ1) is 22.8. The highest BCUT2D eigenvalue weighted by Gasteiger charge is 2.51. The van der Waals surface area contributed by atoms with E-state index in [1.165, 1.54) is 14.2 Å². The van der Waals surface area contributed by atoms with Gasteiger partial charge in [-0.3, -0.25) is 9.59 Å². The van der Waals surface area contributed by atoms with Gasteiger partial charge in [-0.15, -0.1) is 0 Å². The van der Waals surface area contributed by atoms with E-state index in [1.54, 1.807) is 46.3 Å². The second-order valence-electron chi connectivity index (χ2n) is 6.47. The standard InChI is InChI=1S/C20H30O7/c1-14(2)20(18(21)25-5,19(22)26-6)13-15-8-9-16(24-4)17(12-15)27-11-7-10-23-3/h8-9,12,14H,7,10-11,13H2,1-6H3. The first-order chi connectivity index (χ1) is 12.9. The van der Waals surface area contributed by atoms with Crippen molar-refractivity contribution in [3.05, 3.63) is 23.8 Å². The Hall–Kier alpha value is -2.28. The van der Waals surface area contributed by atoms with Crippen molar-refractivity contribution in [3.63, 3.8) is 0 Å². The van der Waals surface area contributed by atoms with E-state index in [0.717, 1.165) is 12.0 Å². The molecule has 0 aliphatic heterocycles. The van der Waals surface area contributed by atoms with Gasteiger partial charge in [-0.05, 0) is 30.0 Å². The monoisotopic (exact) mass is 382 g/mol. The van der Waals surface area contributed by atoms with Crippen molar-refractivity contribution < 1.29 is 33.3 Å². The highest BCUT2D eigenvalue weighted by atomic mass is 16.5. The third kappa shape index (κ3) is 5.35. The number of esters is 2. The molecule has 0 spiro atoms. The van der Waals surface area contributed by atoms with E-state index in [2.05, 4.69) is 0 Å². The van der Waals surface area contributed by atoms with Crippen LogP contribution in [0.2, 0.25) is 0 Å². The maximum Gasteiger partial charge on any atom is 0.323 e. The van der Waals surface area contributed by atoms with Gasteiger partial charge in [0.05, 0.1) is 27.9 Å². The molecule has 0 amide bonds. The van der Waals surface area contributed by atoms with Gasteiger partial charge in [-0.25, -0.2) is 0 Å². The van der Waals surface area contributed by atoms with Gasteiger partial charge >= 0.3 is 11.9 Å². The van der Waals surface area contributed by atoms with Crippen LogP contribution in [0.3, 0.4) is 0 Å². The number of hydrogen-bond acceptors (Lipinski definition) is 7. The molecule has 7 nitrogen and oxygen atoms in total. The number of rotatable bonds is 11. The molecule has 0 aliphatic rings. The van der Waals surface area contributed by atoms with E-state index in [0.29, 0.717) is 24.7 Å². The maximum atomic E-state index is 12.5. The second kappa shape index (κ2) is 10.8. The lowest BCUT2D eigenvalue weighted by Gasteiger charge is -2.32. The summed E-state index contributed by atoms with van der Waals surface area (Å²) in [6, 6.07) is 5.32. The van der Waals surface area contributed by atoms with Crippen LogP contribution in [0.25, 0.3) is 0 Å². The van der Waals surface area contributed by atoms with Crippen LogP contribution in [0, 0.1) is 11.3 Å². The lowest BCUT2D eigenvalue weighted by atomic mass is 9.72. The van der Waals surface area contributed by atoms with Crippen LogP contribution in [0.1, 0.15) is 25.8 Å². The largest absolute Gasteiger partial charge is 0.493 e. The molecule has 27 heavy (non-hydrogen) atoms. The Balaban J connectivity index is 3.21. The molecule has 0 N–H and O–H groups in total. The Bertz CT molecular complexity index is 609. The summed E-state index contributed by atoms with van der Waals surface area (Å²) in [5.41, 5.74) is -0.701. The van der Waals surface area contributed by atoms with Crippen LogP contribution >= 0.6 is 0 Å². The van der Waals surface area contributed by atoms with E-state index in [4.69, 9.17) is 23.7 Å². The molecule has 1 aromatic carbocycles. The summed E-state index contributed by atoms with van der Waals surface area (Å²) in [5, 5.41) is 0. The van der Waals surface area contributed by atoms with E-state index in [9.17, 15) is 9.59 Å². The summed E-state index contributed by atoms with van der Waals surface area (Å²) >= 11 is 0. The molecule has 152 valence electrons. The minimum Gasteiger partial charge on any atom is -0.493 e. The van der Waals surface area contributed by atoms with Crippen LogP contribution in [0.5, 0.6) is 11.5 Å². The second-order valence-corrected chi connectivity index (χ2v) is 6.47. The van der Waals surface area contributed by atoms with Crippen molar-refractivity contribution in [1.82, 2.24) is 0 Å². The topological polar surface area (TPSA) is 80.3 Å². The molecule has 0 aliphatic carbocycles. The van der Waals surface area contributed by atoms with Crippen LogP contribution in [-0.4, -0.2) is 53.6 Å². The van der Waals surface area contributed by atoms with Gasteiger partial charge in [0.1, 0.15) is 0 Å². The van der Waals surface area contributed by atoms with Crippen molar-refractivity contribution in [3.8, 4) is 11.5 Å². The molecule has 0 fully saturated rings. The molecule has 1 rings (SSSR count). The number of methoxy groups -OCH3 is 4. The number of benzene rings is 1. The van der Waals surface area contributed by atoms with Gasteiger partial charge < -0.3 is 23.7 Å². The summed E-state index contributed by atoms with van der Waals surface area (Å²) in [6.07, 6.45) is 0.854. The van der Waals surface area contributed by atoms with Gasteiger partial charge in [0.25, 0.3) is 0 Å². The fourth-order valence-corrected chi connectivity index (χ4v) is 2.92. The molecule has 0 radical (unpaired) electrons. The first-order valence-electron chi connectivity index (χ1n) is 8.82. The zero-order valence-electron chi connectivity index (χ0n) is 17.0. The Morgan fingerprint density at radius 1 is 0.963 bits per heavy atom. The SMILES string of the molecule is COCCCOc1cc(CC(C(=O)OC)(C(=O)OC)C(C)C)ccc1OC. The van der Waals surface area contributed by atoms with Gasteiger partial charge in [-0.2, -0.15) is 0 Å². The normalized spacial score (nSPS) is 11.2. The van der Waals surface area contributed by atoms with Crippen molar-refractivity contribution in [2.45, 2.75) is 26.7 Å². The van der Waals surface area contributed by atoms with Gasteiger partial charge in [0.2, 0.25) is 0 Å². The predicted molar refractivity (Wildman–Crippen MR) is 100.0 cm³/mol. The van der Waals surface area contributed by atoms with Crippen LogP contribution in [0.4, 0.5) is 0 Å². The summed E-state index contributed by atoms with van der Waals surface area (Å²) in [4.78, 5) is 25.1. The van der Waals surface area contributed by atoms with E-state index < -0.39 is 17.4 Å². The molecule has 0 unspecified atom stereocenters. The molecule has 0 atom stereocenters. The summed E-state index contributed by atoms with van der Waals surface area (Å²) in [5.74, 6) is -0.461. The Morgan fingerprint density at radius 3 is 2.07 bits per heavy atom. The van der Waals surface area contributed by atoms with E-state index in [-0.39, 0.29) is 12.3 Å². The highest BCUT2D eigenvalue weighted by Crippen LogP contribution is 2.37. The minimum atomic E-state index is -1.44. The smallest absolute Gasteiger partial charge is 0.323 e. The average Bonchev–Trinajstić information content (AvgIpc) is 2.68. The molecule has 1 aromatic rings. The highest BCUT2D eigenvalue weighted by molar-refractivity contribution is 6.00. The average molecular weight is 382 g/mol. The Labute approximate surface area is 160 Å². The molecule has 7 heteroatoms. The third-order valence-electron chi connectivity index (χ3n) is 4.55. The van der Waals surface area contributed by atoms with Gasteiger partial charge in [0, 0.05) is 20.1 Å². The molecule has 0 saturated heterocycles. The van der Waals surface area contributed by atoms with E-state index in [1.807, 2.05) is 0 Å². The van der Waals surface area contributed by atoms with Crippen molar-refractivity contribution in [2.75, 3.05) is 41.7 Å². The third-order valence-corrected chi connectivity index (χ3v) is 4.55. The summed E-state index contributed by atoms with van der Waals surface area (Å²) in [6.45, 7) is 4.62. The van der Waals surface area contributed by atoms with Crippen LogP contribution < -0.4 is 9.47 Å². The quantitative estimate of drug-likeness (QED) is 0.331. The summed E-state index contributed by atoms with van der Waals surface area (Å²) in [7, 11) is 5.71. The maximum absolute atomic E-state index is 12.5. The van der Waals surface area contributed by atoms with Gasteiger partial charge in [-0.1, -0.05) is 19.9 Å². The summed E-state index contributed by atoms with van der Waals surface area (Å²) < 4.78 is 26.0. The number of carbonyl (C=O) groups is 2. The van der Waals surface area contributed by atoms with Crippen molar-refractivity contribution >= 4 is 11.9 Å². The lowest BCUT2D eigenvalue weighted by Crippen LogP contribution is -2.47. The van der Waals surface area contributed by atoms with Gasteiger partial charge in [0.15, 0.2) is 16.9 Å². The zero-order valence-corrected chi connectivity index (χ0v) is 17.0. The molecular formula is C20H30O7. The molecule has 0 saturated carbocycles. The van der Waals surface area contributed by atoms with Crippen molar-refractivity contribution in [1.29, 1.82) is 0 Å². The molecule has 0 heterocycles. The van der Waals surface area contributed by atoms with Crippen molar-refractivity contribution in [2.24, 2.45) is 11.3 Å². The first-order valence-corrected chi connectivity index (χ1v) is 8.82. The Kier molecular flexibility index (Phi) is 9.08. The van der Waals surface area contributed by atoms with E-state index >= 15 is 0 Å². The number of ether oxygens (including phenoxy) is 5.